The Balaban J connectivity index is 2.29. The van der Waals surface area contributed by atoms with Gasteiger partial charge in [0.2, 0.25) is 10.0 Å². The summed E-state index contributed by atoms with van der Waals surface area (Å²) >= 11 is 0. The van der Waals surface area contributed by atoms with E-state index in [1.807, 2.05) is 0 Å². The van der Waals surface area contributed by atoms with E-state index in [9.17, 15) is 17.6 Å². The third kappa shape index (κ3) is 3.45. The Bertz CT molecular complexity index is 716. The number of carbonyl (C=O) groups is 1. The molecule has 0 saturated carbocycles. The van der Waals surface area contributed by atoms with Gasteiger partial charge in [0, 0.05) is 6.54 Å². The number of anilines is 1. The summed E-state index contributed by atoms with van der Waals surface area (Å²) in [7, 11) is -4.04. The van der Waals surface area contributed by atoms with Gasteiger partial charge in [-0.25, -0.2) is 17.6 Å². The van der Waals surface area contributed by atoms with Crippen LogP contribution in [0.25, 0.3) is 0 Å². The Morgan fingerprint density at radius 1 is 1.45 bits per heavy atom. The molecule has 1 aliphatic rings. The van der Waals surface area contributed by atoms with Crippen molar-refractivity contribution in [1.29, 1.82) is 0 Å². The second kappa shape index (κ2) is 6.45. The van der Waals surface area contributed by atoms with Gasteiger partial charge in [0.25, 0.3) is 0 Å². The van der Waals surface area contributed by atoms with Crippen LogP contribution in [0, 0.1) is 5.82 Å². The number of benzene rings is 1. The maximum absolute atomic E-state index is 13.9. The fourth-order valence-corrected chi connectivity index (χ4v) is 4.01. The predicted molar refractivity (Wildman–Crippen MR) is 80.2 cm³/mol. The normalized spacial score (nSPS) is 18.6. The summed E-state index contributed by atoms with van der Waals surface area (Å²) < 4.78 is 40.8. The number of halogens is 1. The largest absolute Gasteiger partial charge is 0.478 e. The van der Waals surface area contributed by atoms with Gasteiger partial charge in [0.05, 0.1) is 11.3 Å². The lowest BCUT2D eigenvalue weighted by atomic mass is 9.99. The highest BCUT2D eigenvalue weighted by molar-refractivity contribution is 7.93. The number of hydrogen-bond donors (Lipinski definition) is 3. The molecule has 8 heteroatoms. The van der Waals surface area contributed by atoms with Crippen molar-refractivity contribution in [1.82, 2.24) is 0 Å². The summed E-state index contributed by atoms with van der Waals surface area (Å²) in [4.78, 5) is 11.2. The van der Waals surface area contributed by atoms with Gasteiger partial charge in [0.15, 0.2) is 0 Å². The van der Waals surface area contributed by atoms with Crippen LogP contribution in [0.4, 0.5) is 10.1 Å². The number of allylic oxidation sites excluding steroid dienone is 1. The van der Waals surface area contributed by atoms with E-state index in [-0.39, 0.29) is 24.2 Å². The third-order valence-corrected chi connectivity index (χ3v) is 5.27. The zero-order chi connectivity index (χ0) is 16.3. The number of carboxylic acid groups (broad SMARTS) is 1. The minimum atomic E-state index is -4.04. The SMILES string of the molecule is NCc1ccc(NS(=O)(=O)C2CCCC=C2C(=O)O)c(F)c1. The molecule has 1 aliphatic carbocycles. The first-order valence-corrected chi connectivity index (χ1v) is 8.33. The summed E-state index contributed by atoms with van der Waals surface area (Å²) in [5, 5.41) is 7.92. The van der Waals surface area contributed by atoms with Crippen molar-refractivity contribution in [2.24, 2.45) is 5.73 Å². The number of carboxylic acids is 1. The first kappa shape index (κ1) is 16.4. The van der Waals surface area contributed by atoms with Gasteiger partial charge in [-0.3, -0.25) is 4.72 Å². The smallest absolute Gasteiger partial charge is 0.332 e. The second-order valence-electron chi connectivity index (χ2n) is 5.05. The van der Waals surface area contributed by atoms with Gasteiger partial charge in [-0.2, -0.15) is 0 Å². The highest BCUT2D eigenvalue weighted by Crippen LogP contribution is 2.27. The molecule has 1 atom stereocenters. The minimum absolute atomic E-state index is 0.137. The first-order valence-electron chi connectivity index (χ1n) is 6.78. The standard InChI is InChI=1S/C14H17FN2O4S/c15-11-7-9(8-16)5-6-12(11)17-22(20,21)13-4-2-1-3-10(13)14(18)19/h3,5-7,13,17H,1-2,4,8,16H2,(H,18,19). The Morgan fingerprint density at radius 3 is 2.77 bits per heavy atom. The second-order valence-corrected chi connectivity index (χ2v) is 6.91. The number of sulfonamides is 1. The van der Waals surface area contributed by atoms with E-state index >= 15 is 0 Å². The van der Waals surface area contributed by atoms with Crippen molar-refractivity contribution in [2.45, 2.75) is 31.1 Å². The monoisotopic (exact) mass is 328 g/mol. The average Bonchev–Trinajstić information content (AvgIpc) is 2.49. The molecule has 1 aromatic carbocycles. The van der Waals surface area contributed by atoms with Crippen molar-refractivity contribution < 1.29 is 22.7 Å². The van der Waals surface area contributed by atoms with E-state index in [4.69, 9.17) is 10.8 Å². The number of hydrogen-bond acceptors (Lipinski definition) is 4. The van der Waals surface area contributed by atoms with Gasteiger partial charge < -0.3 is 10.8 Å². The van der Waals surface area contributed by atoms with Gasteiger partial charge in [0.1, 0.15) is 11.1 Å². The zero-order valence-corrected chi connectivity index (χ0v) is 12.6. The molecule has 4 N–H and O–H groups in total. The Kier molecular flexibility index (Phi) is 4.82. The van der Waals surface area contributed by atoms with E-state index in [0.717, 1.165) is 6.07 Å². The van der Waals surface area contributed by atoms with Crippen molar-refractivity contribution in [3.8, 4) is 0 Å². The summed E-state index contributed by atoms with van der Waals surface area (Å²) in [5.74, 6) is -2.02. The zero-order valence-electron chi connectivity index (χ0n) is 11.8. The number of nitrogens with one attached hydrogen (secondary N) is 1. The molecule has 0 spiro atoms. The Labute approximate surface area is 127 Å². The Hall–Kier alpha value is -1.93. The van der Waals surface area contributed by atoms with Gasteiger partial charge in [-0.1, -0.05) is 12.1 Å². The van der Waals surface area contributed by atoms with Crippen LogP contribution in [0.1, 0.15) is 24.8 Å². The summed E-state index contributed by atoms with van der Waals surface area (Å²) in [6.07, 6.45) is 2.68. The lowest BCUT2D eigenvalue weighted by Crippen LogP contribution is -2.34. The molecule has 0 bridgehead atoms. The summed E-state index contributed by atoms with van der Waals surface area (Å²) in [6.45, 7) is 0.137. The molecule has 0 heterocycles. The van der Waals surface area contributed by atoms with Crippen LogP contribution < -0.4 is 10.5 Å². The van der Waals surface area contributed by atoms with Crippen LogP contribution in [-0.4, -0.2) is 24.7 Å². The maximum Gasteiger partial charge on any atom is 0.332 e. The van der Waals surface area contributed by atoms with E-state index in [1.54, 1.807) is 0 Å². The van der Waals surface area contributed by atoms with Crippen molar-refractivity contribution in [3.63, 3.8) is 0 Å². The highest BCUT2D eigenvalue weighted by atomic mass is 32.2. The molecule has 0 radical (unpaired) electrons. The molecule has 0 fully saturated rings. The van der Waals surface area contributed by atoms with Crippen molar-refractivity contribution >= 4 is 21.7 Å². The molecule has 0 saturated heterocycles. The van der Waals surface area contributed by atoms with E-state index < -0.39 is 27.1 Å². The maximum atomic E-state index is 13.9. The topological polar surface area (TPSA) is 109 Å². The van der Waals surface area contributed by atoms with Crippen LogP contribution >= 0.6 is 0 Å². The van der Waals surface area contributed by atoms with Crippen molar-refractivity contribution in [2.75, 3.05) is 4.72 Å². The first-order chi connectivity index (χ1) is 10.3. The molecule has 2 rings (SSSR count). The average molecular weight is 328 g/mol. The Morgan fingerprint density at radius 2 is 2.18 bits per heavy atom. The molecule has 0 aliphatic heterocycles. The fourth-order valence-electron chi connectivity index (χ4n) is 2.39. The van der Waals surface area contributed by atoms with Crippen LogP contribution in [-0.2, 0) is 21.4 Å². The number of rotatable bonds is 5. The molecular weight excluding hydrogens is 311 g/mol. The van der Waals surface area contributed by atoms with Gasteiger partial charge in [-0.05, 0) is 37.0 Å². The van der Waals surface area contributed by atoms with Gasteiger partial charge >= 0.3 is 5.97 Å². The molecule has 0 aromatic heterocycles. The van der Waals surface area contributed by atoms with E-state index in [1.165, 1.54) is 18.2 Å². The van der Waals surface area contributed by atoms with E-state index in [0.29, 0.717) is 18.4 Å². The molecule has 0 amide bonds. The summed E-state index contributed by atoms with van der Waals surface area (Å²) in [5.41, 5.74) is 5.53. The van der Waals surface area contributed by atoms with Crippen LogP contribution in [0.5, 0.6) is 0 Å². The molecule has 120 valence electrons. The summed E-state index contributed by atoms with van der Waals surface area (Å²) in [6, 6.07) is 3.93. The van der Waals surface area contributed by atoms with E-state index in [2.05, 4.69) is 4.72 Å². The van der Waals surface area contributed by atoms with Crippen LogP contribution in [0.3, 0.4) is 0 Å². The van der Waals surface area contributed by atoms with Crippen LogP contribution in [0.15, 0.2) is 29.8 Å². The molecule has 1 unspecified atom stereocenters. The predicted octanol–water partition coefficient (Wildman–Crippen LogP) is 1.59. The lowest BCUT2D eigenvalue weighted by Gasteiger charge is -2.22. The molecule has 22 heavy (non-hydrogen) atoms. The third-order valence-electron chi connectivity index (χ3n) is 3.52. The molecule has 6 nitrogen and oxygen atoms in total. The quantitative estimate of drug-likeness (QED) is 0.760. The fraction of sp³-hybridized carbons (Fsp3) is 0.357. The highest BCUT2D eigenvalue weighted by Gasteiger charge is 2.34. The van der Waals surface area contributed by atoms with Crippen LogP contribution in [0.2, 0.25) is 0 Å². The molecule has 1 aromatic rings. The molecular formula is C14H17FN2O4S. The lowest BCUT2D eigenvalue weighted by molar-refractivity contribution is -0.132. The minimum Gasteiger partial charge on any atom is -0.478 e. The van der Waals surface area contributed by atoms with Crippen molar-refractivity contribution in [3.05, 3.63) is 41.2 Å². The van der Waals surface area contributed by atoms with Gasteiger partial charge in [-0.15, -0.1) is 0 Å². The number of nitrogens with two attached hydrogens (primary N) is 1. The number of aliphatic carboxylic acids is 1.